The Balaban J connectivity index is 1.33. The molecule has 2 N–H and O–H groups in total. The maximum absolute atomic E-state index is 12.2. The molecule has 0 spiro atoms. The molecule has 5 nitrogen and oxygen atoms in total. The topological polar surface area (TPSA) is 59.6 Å². The molecule has 1 saturated heterocycles. The van der Waals surface area contributed by atoms with Gasteiger partial charge >= 0.3 is 5.97 Å². The third-order valence-corrected chi connectivity index (χ3v) is 6.74. The van der Waals surface area contributed by atoms with Crippen LogP contribution in [0.2, 0.25) is 0 Å². The van der Waals surface area contributed by atoms with Crippen molar-refractivity contribution in [2.24, 2.45) is 0 Å². The molecule has 31 heavy (non-hydrogen) atoms. The minimum Gasteiger partial charge on any atom is -0.480 e. The number of H-pyrrole nitrogens is 1. The number of hydrogen-bond acceptors (Lipinski definition) is 3. The molecule has 4 aromatic rings. The maximum Gasteiger partial charge on any atom is 0.325 e. The standard InChI is InChI=1S/C25H24BrN3O2/c26-19-8-9-21-22(15-27-23(21)14-19)24(25(30)31)29-12-10-28(11-13-29)16-18-6-3-5-17-4-1-2-7-20(17)18/h1-9,14-15,24,27H,10-13,16H2,(H,30,31)/t24-/m0/s1. The van der Waals surface area contributed by atoms with E-state index in [1.165, 1.54) is 16.3 Å². The van der Waals surface area contributed by atoms with Gasteiger partial charge in [-0.1, -0.05) is 64.5 Å². The van der Waals surface area contributed by atoms with Crippen LogP contribution in [0.5, 0.6) is 0 Å². The van der Waals surface area contributed by atoms with Gasteiger partial charge in [-0.05, 0) is 28.5 Å². The van der Waals surface area contributed by atoms with Crippen LogP contribution in [-0.2, 0) is 11.3 Å². The number of aromatic nitrogens is 1. The minimum absolute atomic E-state index is 0.644. The Bertz CT molecular complexity index is 1240. The average Bonchev–Trinajstić information content (AvgIpc) is 3.18. The SMILES string of the molecule is O=C(O)[C@H](c1c[nH]c2cc(Br)ccc12)N1CCN(Cc2cccc3ccccc23)CC1. The summed E-state index contributed by atoms with van der Waals surface area (Å²) in [5.41, 5.74) is 3.10. The van der Waals surface area contributed by atoms with E-state index in [2.05, 4.69) is 73.2 Å². The van der Waals surface area contributed by atoms with E-state index in [4.69, 9.17) is 0 Å². The largest absolute Gasteiger partial charge is 0.480 e. The number of rotatable bonds is 5. The first-order valence-corrected chi connectivity index (χ1v) is 11.3. The second-order valence-corrected chi connectivity index (χ2v) is 9.04. The monoisotopic (exact) mass is 477 g/mol. The molecule has 1 atom stereocenters. The normalized spacial score (nSPS) is 16.7. The first-order valence-electron chi connectivity index (χ1n) is 10.5. The predicted octanol–water partition coefficient (Wildman–Crippen LogP) is 5.03. The lowest BCUT2D eigenvalue weighted by Crippen LogP contribution is -2.48. The van der Waals surface area contributed by atoms with Crippen LogP contribution >= 0.6 is 15.9 Å². The van der Waals surface area contributed by atoms with Crippen molar-refractivity contribution in [1.82, 2.24) is 14.8 Å². The highest BCUT2D eigenvalue weighted by atomic mass is 79.9. The predicted molar refractivity (Wildman–Crippen MR) is 127 cm³/mol. The van der Waals surface area contributed by atoms with Crippen molar-refractivity contribution in [1.29, 1.82) is 0 Å². The van der Waals surface area contributed by atoms with Crippen LogP contribution in [0.3, 0.4) is 0 Å². The van der Waals surface area contributed by atoms with E-state index in [0.29, 0.717) is 0 Å². The molecule has 6 heteroatoms. The molecule has 5 rings (SSSR count). The molecule has 0 radical (unpaired) electrons. The van der Waals surface area contributed by atoms with E-state index in [-0.39, 0.29) is 0 Å². The Labute approximate surface area is 189 Å². The Morgan fingerprint density at radius 2 is 1.77 bits per heavy atom. The number of nitrogens with zero attached hydrogens (tertiary/aromatic N) is 2. The number of carboxylic acids is 1. The molecule has 1 aliphatic heterocycles. The Kier molecular flexibility index (Phi) is 5.52. The van der Waals surface area contributed by atoms with E-state index in [9.17, 15) is 9.90 Å². The third-order valence-electron chi connectivity index (χ3n) is 6.25. The van der Waals surface area contributed by atoms with Crippen molar-refractivity contribution >= 4 is 43.6 Å². The second-order valence-electron chi connectivity index (χ2n) is 8.13. The van der Waals surface area contributed by atoms with Crippen LogP contribution in [-0.4, -0.2) is 52.0 Å². The summed E-state index contributed by atoms with van der Waals surface area (Å²) >= 11 is 3.48. The first kappa shape index (κ1) is 20.2. The molecule has 1 fully saturated rings. The van der Waals surface area contributed by atoms with E-state index < -0.39 is 12.0 Å². The minimum atomic E-state index is -0.800. The summed E-state index contributed by atoms with van der Waals surface area (Å²) < 4.78 is 0.974. The molecule has 3 aromatic carbocycles. The fraction of sp³-hybridized carbons (Fsp3) is 0.240. The molecule has 0 unspecified atom stereocenters. The van der Waals surface area contributed by atoms with Crippen LogP contribution in [0.1, 0.15) is 17.2 Å². The molecular weight excluding hydrogens is 454 g/mol. The van der Waals surface area contributed by atoms with Crippen LogP contribution in [0, 0.1) is 0 Å². The number of carboxylic acid groups (broad SMARTS) is 1. The third kappa shape index (κ3) is 3.99. The van der Waals surface area contributed by atoms with E-state index in [1.807, 2.05) is 24.4 Å². The fourth-order valence-corrected chi connectivity index (χ4v) is 5.05. The summed E-state index contributed by atoms with van der Waals surface area (Å²) in [6.07, 6.45) is 1.85. The van der Waals surface area contributed by atoms with Gasteiger partial charge in [0.1, 0.15) is 6.04 Å². The Hall–Kier alpha value is -2.67. The fourth-order valence-electron chi connectivity index (χ4n) is 4.68. The van der Waals surface area contributed by atoms with E-state index in [0.717, 1.165) is 53.7 Å². The summed E-state index contributed by atoms with van der Waals surface area (Å²) in [6, 6.07) is 20.2. The molecule has 1 aromatic heterocycles. The quantitative estimate of drug-likeness (QED) is 0.423. The number of aliphatic carboxylic acids is 1. The van der Waals surface area contributed by atoms with Gasteiger partial charge in [0.15, 0.2) is 0 Å². The van der Waals surface area contributed by atoms with E-state index in [1.54, 1.807) is 0 Å². The zero-order chi connectivity index (χ0) is 21.4. The average molecular weight is 478 g/mol. The van der Waals surface area contributed by atoms with Gasteiger partial charge in [-0.3, -0.25) is 14.6 Å². The number of carbonyl (C=O) groups is 1. The molecule has 2 heterocycles. The molecule has 0 bridgehead atoms. The lowest BCUT2D eigenvalue weighted by Gasteiger charge is -2.37. The Morgan fingerprint density at radius 3 is 2.58 bits per heavy atom. The van der Waals surface area contributed by atoms with Crippen LogP contribution in [0.4, 0.5) is 0 Å². The van der Waals surface area contributed by atoms with Crippen molar-refractivity contribution < 1.29 is 9.90 Å². The van der Waals surface area contributed by atoms with Gasteiger partial charge in [0, 0.05) is 59.9 Å². The maximum atomic E-state index is 12.2. The van der Waals surface area contributed by atoms with Gasteiger partial charge in [-0.2, -0.15) is 0 Å². The van der Waals surface area contributed by atoms with Crippen molar-refractivity contribution in [3.05, 3.63) is 82.5 Å². The highest BCUT2D eigenvalue weighted by molar-refractivity contribution is 9.10. The number of nitrogens with one attached hydrogen (secondary N) is 1. The van der Waals surface area contributed by atoms with Crippen LogP contribution in [0.15, 0.2) is 71.3 Å². The zero-order valence-corrected chi connectivity index (χ0v) is 18.7. The van der Waals surface area contributed by atoms with Gasteiger partial charge < -0.3 is 10.1 Å². The van der Waals surface area contributed by atoms with Gasteiger partial charge in [-0.25, -0.2) is 0 Å². The number of hydrogen-bond donors (Lipinski definition) is 2. The van der Waals surface area contributed by atoms with Gasteiger partial charge in [0.25, 0.3) is 0 Å². The molecule has 0 saturated carbocycles. The molecule has 0 aliphatic carbocycles. The first-order chi connectivity index (χ1) is 15.1. The van der Waals surface area contributed by atoms with E-state index >= 15 is 0 Å². The highest BCUT2D eigenvalue weighted by Gasteiger charge is 2.32. The van der Waals surface area contributed by atoms with Crippen molar-refractivity contribution in [3.63, 3.8) is 0 Å². The lowest BCUT2D eigenvalue weighted by molar-refractivity contribution is -0.144. The van der Waals surface area contributed by atoms with Gasteiger partial charge in [0.05, 0.1) is 0 Å². The summed E-state index contributed by atoms with van der Waals surface area (Å²) in [5.74, 6) is -0.800. The number of piperazine rings is 1. The molecule has 158 valence electrons. The van der Waals surface area contributed by atoms with Crippen molar-refractivity contribution in [2.45, 2.75) is 12.6 Å². The van der Waals surface area contributed by atoms with Crippen molar-refractivity contribution in [3.8, 4) is 0 Å². The summed E-state index contributed by atoms with van der Waals surface area (Å²) in [7, 11) is 0. The Morgan fingerprint density at radius 1 is 1.00 bits per heavy atom. The summed E-state index contributed by atoms with van der Waals surface area (Å²) in [5, 5.41) is 13.6. The second kappa shape index (κ2) is 8.46. The highest BCUT2D eigenvalue weighted by Crippen LogP contribution is 2.31. The molecule has 1 aliphatic rings. The van der Waals surface area contributed by atoms with Crippen molar-refractivity contribution in [2.75, 3.05) is 26.2 Å². The zero-order valence-electron chi connectivity index (χ0n) is 17.1. The van der Waals surface area contributed by atoms with Crippen LogP contribution in [0.25, 0.3) is 21.7 Å². The molecule has 0 amide bonds. The number of benzene rings is 3. The van der Waals surface area contributed by atoms with Gasteiger partial charge in [0.2, 0.25) is 0 Å². The van der Waals surface area contributed by atoms with Crippen LogP contribution < -0.4 is 0 Å². The molecular formula is C25H24BrN3O2. The number of halogens is 1. The summed E-state index contributed by atoms with van der Waals surface area (Å²) in [4.78, 5) is 20.0. The summed E-state index contributed by atoms with van der Waals surface area (Å²) in [6.45, 7) is 4.03. The smallest absolute Gasteiger partial charge is 0.325 e. The van der Waals surface area contributed by atoms with Gasteiger partial charge in [-0.15, -0.1) is 0 Å². The lowest BCUT2D eigenvalue weighted by atomic mass is 10.0. The number of aromatic amines is 1. The number of fused-ring (bicyclic) bond motifs is 2.